The maximum Gasteiger partial charge on any atom is 0.338 e. The minimum absolute atomic E-state index is 0.0625. The molecule has 0 unspecified atom stereocenters. The highest BCUT2D eigenvalue weighted by atomic mass is 79.9. The number of halogens is 2. The number of hydrogen-bond acceptors (Lipinski definition) is 3. The van der Waals surface area contributed by atoms with Crippen LogP contribution in [0.15, 0.2) is 16.6 Å². The monoisotopic (exact) mass is 274 g/mol. The Bertz CT molecular complexity index is 404. The SMILES string of the molecule is CCOC(=O)c1cc(F)c(Br)cc1C=O. The number of hydrogen-bond donors (Lipinski definition) is 0. The summed E-state index contributed by atoms with van der Waals surface area (Å²) in [4.78, 5) is 22.0. The van der Waals surface area contributed by atoms with Crippen molar-refractivity contribution in [2.45, 2.75) is 6.92 Å². The molecule has 0 atom stereocenters. The van der Waals surface area contributed by atoms with Crippen molar-refractivity contribution in [2.75, 3.05) is 6.61 Å². The first-order valence-electron chi connectivity index (χ1n) is 4.21. The fourth-order valence-electron chi connectivity index (χ4n) is 1.05. The quantitative estimate of drug-likeness (QED) is 0.629. The Kier molecular flexibility index (Phi) is 3.96. The fourth-order valence-corrected chi connectivity index (χ4v) is 1.41. The second-order valence-corrected chi connectivity index (χ2v) is 3.55. The van der Waals surface area contributed by atoms with Crippen molar-refractivity contribution in [1.82, 2.24) is 0 Å². The molecule has 0 radical (unpaired) electrons. The van der Waals surface area contributed by atoms with Gasteiger partial charge in [-0.05, 0) is 35.0 Å². The van der Waals surface area contributed by atoms with Crippen LogP contribution in [0.25, 0.3) is 0 Å². The second kappa shape index (κ2) is 5.02. The predicted octanol–water partition coefficient (Wildman–Crippen LogP) is 2.58. The van der Waals surface area contributed by atoms with E-state index in [-0.39, 0.29) is 22.2 Å². The second-order valence-electron chi connectivity index (χ2n) is 2.69. The smallest absolute Gasteiger partial charge is 0.338 e. The molecule has 0 saturated heterocycles. The van der Waals surface area contributed by atoms with Crippen molar-refractivity contribution < 1.29 is 18.7 Å². The van der Waals surface area contributed by atoms with Crippen molar-refractivity contribution in [3.8, 4) is 0 Å². The van der Waals surface area contributed by atoms with Gasteiger partial charge in [-0.2, -0.15) is 0 Å². The Morgan fingerprint density at radius 3 is 2.80 bits per heavy atom. The lowest BCUT2D eigenvalue weighted by molar-refractivity contribution is 0.0523. The molecule has 5 heteroatoms. The Balaban J connectivity index is 3.21. The van der Waals surface area contributed by atoms with E-state index in [4.69, 9.17) is 0 Å². The van der Waals surface area contributed by atoms with Gasteiger partial charge in [-0.1, -0.05) is 0 Å². The van der Waals surface area contributed by atoms with E-state index >= 15 is 0 Å². The normalized spacial score (nSPS) is 9.80. The Morgan fingerprint density at radius 2 is 2.27 bits per heavy atom. The Hall–Kier alpha value is -1.23. The molecule has 80 valence electrons. The minimum atomic E-state index is -0.703. The van der Waals surface area contributed by atoms with Gasteiger partial charge in [-0.25, -0.2) is 9.18 Å². The number of carbonyl (C=O) groups excluding carboxylic acids is 2. The Labute approximate surface area is 94.4 Å². The molecule has 0 saturated carbocycles. The lowest BCUT2D eigenvalue weighted by Gasteiger charge is -2.05. The van der Waals surface area contributed by atoms with Gasteiger partial charge in [0.1, 0.15) is 5.82 Å². The molecule has 1 aromatic rings. The average Bonchev–Trinajstić information content (AvgIpc) is 2.21. The van der Waals surface area contributed by atoms with E-state index in [1.54, 1.807) is 6.92 Å². The van der Waals surface area contributed by atoms with Gasteiger partial charge in [0.05, 0.1) is 16.6 Å². The van der Waals surface area contributed by atoms with Crippen LogP contribution in [-0.4, -0.2) is 18.9 Å². The number of ether oxygens (including phenoxy) is 1. The predicted molar refractivity (Wildman–Crippen MR) is 55.4 cm³/mol. The molecule has 0 bridgehead atoms. The molecular weight excluding hydrogens is 267 g/mol. The molecule has 0 spiro atoms. The highest BCUT2D eigenvalue weighted by molar-refractivity contribution is 9.10. The van der Waals surface area contributed by atoms with Crippen LogP contribution >= 0.6 is 15.9 Å². The molecule has 0 aliphatic carbocycles. The molecule has 0 heterocycles. The van der Waals surface area contributed by atoms with Crippen LogP contribution in [-0.2, 0) is 4.74 Å². The summed E-state index contributed by atoms with van der Waals surface area (Å²) in [5.41, 5.74) is 0.0364. The van der Waals surface area contributed by atoms with E-state index in [2.05, 4.69) is 20.7 Å². The molecule has 0 amide bonds. The average molecular weight is 275 g/mol. The summed E-state index contributed by atoms with van der Waals surface area (Å²) in [6.45, 7) is 1.81. The van der Waals surface area contributed by atoms with Gasteiger partial charge in [0, 0.05) is 5.56 Å². The summed E-state index contributed by atoms with van der Waals surface area (Å²) in [5, 5.41) is 0. The zero-order chi connectivity index (χ0) is 11.4. The summed E-state index contributed by atoms with van der Waals surface area (Å²) in [6, 6.07) is 2.22. The first-order chi connectivity index (χ1) is 7.10. The molecule has 1 aromatic carbocycles. The van der Waals surface area contributed by atoms with Gasteiger partial charge >= 0.3 is 5.97 Å². The van der Waals surface area contributed by atoms with Crippen LogP contribution in [0.3, 0.4) is 0 Å². The number of carbonyl (C=O) groups is 2. The minimum Gasteiger partial charge on any atom is -0.462 e. The maximum atomic E-state index is 13.1. The third kappa shape index (κ3) is 2.62. The number of esters is 1. The molecule has 0 aliphatic rings. The zero-order valence-electron chi connectivity index (χ0n) is 7.92. The van der Waals surface area contributed by atoms with E-state index in [0.717, 1.165) is 6.07 Å². The molecule has 15 heavy (non-hydrogen) atoms. The molecular formula is C10H8BrFO3. The van der Waals surface area contributed by atoms with E-state index in [1.165, 1.54) is 6.07 Å². The Morgan fingerprint density at radius 1 is 1.60 bits per heavy atom. The summed E-state index contributed by atoms with van der Waals surface area (Å²) in [7, 11) is 0. The molecule has 0 aliphatic heterocycles. The van der Waals surface area contributed by atoms with Crippen LogP contribution in [0.5, 0.6) is 0 Å². The summed E-state index contributed by atoms with van der Waals surface area (Å²) >= 11 is 2.92. The lowest BCUT2D eigenvalue weighted by Crippen LogP contribution is -2.08. The van der Waals surface area contributed by atoms with Gasteiger partial charge in [0.15, 0.2) is 6.29 Å². The highest BCUT2D eigenvalue weighted by Gasteiger charge is 2.15. The topological polar surface area (TPSA) is 43.4 Å². The summed E-state index contributed by atoms with van der Waals surface area (Å²) in [6.07, 6.45) is 0.483. The third-order valence-corrected chi connectivity index (χ3v) is 2.32. The molecule has 0 fully saturated rings. The zero-order valence-corrected chi connectivity index (χ0v) is 9.51. The highest BCUT2D eigenvalue weighted by Crippen LogP contribution is 2.20. The molecule has 3 nitrogen and oxygen atoms in total. The van der Waals surface area contributed by atoms with Crippen molar-refractivity contribution in [2.24, 2.45) is 0 Å². The van der Waals surface area contributed by atoms with E-state index in [9.17, 15) is 14.0 Å². The van der Waals surface area contributed by atoms with Crippen LogP contribution in [0, 0.1) is 5.82 Å². The third-order valence-electron chi connectivity index (χ3n) is 1.71. The van der Waals surface area contributed by atoms with E-state index in [1.807, 2.05) is 0 Å². The number of aldehydes is 1. The molecule has 1 rings (SSSR count). The lowest BCUT2D eigenvalue weighted by atomic mass is 10.1. The van der Waals surface area contributed by atoms with Crippen molar-refractivity contribution in [3.63, 3.8) is 0 Å². The van der Waals surface area contributed by atoms with Crippen molar-refractivity contribution in [1.29, 1.82) is 0 Å². The van der Waals surface area contributed by atoms with Gasteiger partial charge in [-0.3, -0.25) is 4.79 Å². The largest absolute Gasteiger partial charge is 0.462 e. The van der Waals surface area contributed by atoms with Gasteiger partial charge in [0.25, 0.3) is 0 Å². The first kappa shape index (κ1) is 11.8. The van der Waals surface area contributed by atoms with Crippen LogP contribution in [0.1, 0.15) is 27.6 Å². The van der Waals surface area contributed by atoms with Crippen LogP contribution < -0.4 is 0 Å². The maximum absolute atomic E-state index is 13.1. The van der Waals surface area contributed by atoms with Crippen molar-refractivity contribution in [3.05, 3.63) is 33.5 Å². The first-order valence-corrected chi connectivity index (χ1v) is 5.00. The van der Waals surface area contributed by atoms with Crippen LogP contribution in [0.2, 0.25) is 0 Å². The van der Waals surface area contributed by atoms with Gasteiger partial charge < -0.3 is 4.74 Å². The van der Waals surface area contributed by atoms with Crippen LogP contribution in [0.4, 0.5) is 4.39 Å². The summed E-state index contributed by atoms with van der Waals surface area (Å²) in [5.74, 6) is -1.31. The van der Waals surface area contributed by atoms with E-state index in [0.29, 0.717) is 6.29 Å². The standard InChI is InChI=1S/C10H8BrFO3/c1-2-15-10(14)7-4-9(12)8(11)3-6(7)5-13/h3-5H,2H2,1H3. The van der Waals surface area contributed by atoms with Crippen molar-refractivity contribution >= 4 is 28.2 Å². The number of rotatable bonds is 3. The molecule has 0 N–H and O–H groups in total. The molecule has 0 aromatic heterocycles. The van der Waals surface area contributed by atoms with Gasteiger partial charge in [-0.15, -0.1) is 0 Å². The fraction of sp³-hybridized carbons (Fsp3) is 0.200. The number of benzene rings is 1. The summed E-state index contributed by atoms with van der Waals surface area (Å²) < 4.78 is 17.9. The van der Waals surface area contributed by atoms with E-state index < -0.39 is 11.8 Å². The van der Waals surface area contributed by atoms with Gasteiger partial charge in [0.2, 0.25) is 0 Å².